The van der Waals surface area contributed by atoms with Crippen molar-refractivity contribution in [1.82, 2.24) is 5.32 Å². The molecule has 0 radical (unpaired) electrons. The molecule has 1 aliphatic rings. The third kappa shape index (κ3) is 3.63. The molecule has 15 heavy (non-hydrogen) atoms. The van der Waals surface area contributed by atoms with Crippen molar-refractivity contribution in [1.29, 1.82) is 0 Å². The minimum absolute atomic E-state index is 0.0899. The standard InChI is InChI=1S/C13H19NS/c1-4-6-11-7-5-8-13(2,3)9-12(11)14-10-15/h5,7-10H,4,6H2,1-3H3,(H,14,15). The predicted molar refractivity (Wildman–Crippen MR) is 70.8 cm³/mol. The summed E-state index contributed by atoms with van der Waals surface area (Å²) in [5.41, 5.74) is 4.16. The summed E-state index contributed by atoms with van der Waals surface area (Å²) < 4.78 is 0. The van der Waals surface area contributed by atoms with E-state index in [4.69, 9.17) is 12.2 Å². The van der Waals surface area contributed by atoms with E-state index in [2.05, 4.69) is 50.4 Å². The van der Waals surface area contributed by atoms with Crippen LogP contribution in [-0.2, 0) is 0 Å². The molecule has 1 aliphatic carbocycles. The summed E-state index contributed by atoms with van der Waals surface area (Å²) in [6.45, 7) is 6.57. The lowest BCUT2D eigenvalue weighted by molar-refractivity contribution is 0.619. The van der Waals surface area contributed by atoms with Crippen LogP contribution < -0.4 is 5.32 Å². The van der Waals surface area contributed by atoms with Crippen molar-refractivity contribution in [2.45, 2.75) is 33.6 Å². The molecule has 0 saturated heterocycles. The van der Waals surface area contributed by atoms with Gasteiger partial charge >= 0.3 is 0 Å². The maximum Gasteiger partial charge on any atom is 0.0658 e. The summed E-state index contributed by atoms with van der Waals surface area (Å²) in [5, 5.41) is 3.16. The molecule has 0 fully saturated rings. The molecule has 0 heterocycles. The van der Waals surface area contributed by atoms with Crippen LogP contribution in [0.4, 0.5) is 0 Å². The molecule has 0 amide bonds. The number of nitrogens with one attached hydrogen (secondary N) is 1. The molecule has 0 aromatic rings. The van der Waals surface area contributed by atoms with Gasteiger partial charge in [-0.1, -0.05) is 63.7 Å². The number of thiocarbonyl (C=S) groups is 1. The highest BCUT2D eigenvalue weighted by Crippen LogP contribution is 2.27. The minimum Gasteiger partial charge on any atom is -0.353 e. The minimum atomic E-state index is 0.0899. The second kappa shape index (κ2) is 5.26. The molecule has 0 aromatic carbocycles. The van der Waals surface area contributed by atoms with Crippen molar-refractivity contribution in [3.63, 3.8) is 0 Å². The van der Waals surface area contributed by atoms with E-state index in [9.17, 15) is 0 Å². The summed E-state index contributed by atoms with van der Waals surface area (Å²) >= 11 is 4.86. The van der Waals surface area contributed by atoms with Gasteiger partial charge in [0.15, 0.2) is 0 Å². The third-order valence-electron chi connectivity index (χ3n) is 2.42. The molecule has 82 valence electrons. The third-order valence-corrected chi connectivity index (χ3v) is 2.54. The fourth-order valence-corrected chi connectivity index (χ4v) is 1.83. The Morgan fingerprint density at radius 3 is 2.80 bits per heavy atom. The topological polar surface area (TPSA) is 12.0 Å². The van der Waals surface area contributed by atoms with Gasteiger partial charge in [0.25, 0.3) is 0 Å². The molecule has 0 saturated carbocycles. The van der Waals surface area contributed by atoms with Crippen molar-refractivity contribution in [3.8, 4) is 0 Å². The number of hydrogen-bond acceptors (Lipinski definition) is 1. The first-order chi connectivity index (χ1) is 7.09. The van der Waals surface area contributed by atoms with E-state index in [1.807, 2.05) is 0 Å². The Balaban J connectivity index is 2.99. The van der Waals surface area contributed by atoms with Crippen LogP contribution in [0, 0.1) is 5.41 Å². The van der Waals surface area contributed by atoms with E-state index in [-0.39, 0.29) is 5.41 Å². The average Bonchev–Trinajstić information content (AvgIpc) is 2.27. The molecule has 1 nitrogen and oxygen atoms in total. The molecule has 1 rings (SSSR count). The highest BCUT2D eigenvalue weighted by atomic mass is 32.1. The first kappa shape index (κ1) is 12.2. The summed E-state index contributed by atoms with van der Waals surface area (Å²) in [6.07, 6.45) is 11.0. The number of allylic oxidation sites excluding steroid dienone is 5. The van der Waals surface area contributed by atoms with E-state index in [1.54, 1.807) is 5.49 Å². The molecular weight excluding hydrogens is 202 g/mol. The van der Waals surface area contributed by atoms with Gasteiger partial charge in [-0.25, -0.2) is 0 Å². The van der Waals surface area contributed by atoms with Gasteiger partial charge in [-0.15, -0.1) is 0 Å². The van der Waals surface area contributed by atoms with Crippen LogP contribution in [0.15, 0.2) is 35.6 Å². The molecule has 0 aliphatic heterocycles. The molecule has 1 N–H and O–H groups in total. The lowest BCUT2D eigenvalue weighted by atomic mass is 9.91. The quantitative estimate of drug-likeness (QED) is 0.726. The fourth-order valence-electron chi connectivity index (χ4n) is 1.70. The van der Waals surface area contributed by atoms with E-state index in [0.717, 1.165) is 18.5 Å². The molecular formula is C13H19NS. The predicted octanol–water partition coefficient (Wildman–Crippen LogP) is 3.74. The van der Waals surface area contributed by atoms with Crippen LogP contribution in [0.3, 0.4) is 0 Å². The molecule has 0 spiro atoms. The Hall–Kier alpha value is -0.890. The van der Waals surface area contributed by atoms with Crippen LogP contribution in [-0.4, -0.2) is 5.49 Å². The van der Waals surface area contributed by atoms with Crippen molar-refractivity contribution in [2.24, 2.45) is 5.41 Å². The largest absolute Gasteiger partial charge is 0.353 e. The highest BCUT2D eigenvalue weighted by Gasteiger charge is 2.15. The molecule has 2 heteroatoms. The second-order valence-corrected chi connectivity index (χ2v) is 4.68. The van der Waals surface area contributed by atoms with Gasteiger partial charge in [0.05, 0.1) is 5.49 Å². The monoisotopic (exact) mass is 221 g/mol. The van der Waals surface area contributed by atoms with E-state index >= 15 is 0 Å². The van der Waals surface area contributed by atoms with E-state index < -0.39 is 0 Å². The Bertz CT molecular complexity index is 321. The Kier molecular flexibility index (Phi) is 4.28. The lowest BCUT2D eigenvalue weighted by Gasteiger charge is -2.17. The number of rotatable bonds is 4. The fraction of sp³-hybridized carbons (Fsp3) is 0.462. The Morgan fingerprint density at radius 1 is 1.47 bits per heavy atom. The highest BCUT2D eigenvalue weighted by molar-refractivity contribution is 7.78. The van der Waals surface area contributed by atoms with Crippen LogP contribution in [0.5, 0.6) is 0 Å². The SMILES string of the molecule is CCCC1=CC=CC(C)(C)C=C1NC=S. The maximum absolute atomic E-state index is 4.86. The number of hydrogen-bond donors (Lipinski definition) is 1. The first-order valence-corrected chi connectivity index (χ1v) is 5.88. The van der Waals surface area contributed by atoms with Gasteiger partial charge in [-0.05, 0) is 12.0 Å². The Morgan fingerprint density at radius 2 is 2.20 bits per heavy atom. The van der Waals surface area contributed by atoms with Gasteiger partial charge < -0.3 is 5.32 Å². The van der Waals surface area contributed by atoms with E-state index in [1.165, 1.54) is 5.57 Å². The van der Waals surface area contributed by atoms with Gasteiger partial charge in [0.1, 0.15) is 0 Å². The molecule has 0 aromatic heterocycles. The van der Waals surface area contributed by atoms with Crippen molar-refractivity contribution < 1.29 is 0 Å². The van der Waals surface area contributed by atoms with Crippen LogP contribution in [0.2, 0.25) is 0 Å². The molecule has 0 bridgehead atoms. The van der Waals surface area contributed by atoms with Crippen molar-refractivity contribution in [2.75, 3.05) is 0 Å². The molecule has 0 atom stereocenters. The smallest absolute Gasteiger partial charge is 0.0658 e. The van der Waals surface area contributed by atoms with Crippen molar-refractivity contribution >= 4 is 17.7 Å². The summed E-state index contributed by atoms with van der Waals surface area (Å²) in [7, 11) is 0. The summed E-state index contributed by atoms with van der Waals surface area (Å²) in [6, 6.07) is 0. The molecule has 0 unspecified atom stereocenters. The normalized spacial score (nSPS) is 18.9. The van der Waals surface area contributed by atoms with Gasteiger partial charge in [-0.2, -0.15) is 0 Å². The van der Waals surface area contributed by atoms with Gasteiger partial charge in [0, 0.05) is 11.1 Å². The van der Waals surface area contributed by atoms with Gasteiger partial charge in [0.2, 0.25) is 0 Å². The zero-order valence-electron chi connectivity index (χ0n) is 9.71. The van der Waals surface area contributed by atoms with Crippen molar-refractivity contribution in [3.05, 3.63) is 35.6 Å². The maximum atomic E-state index is 4.86. The summed E-state index contributed by atoms with van der Waals surface area (Å²) in [4.78, 5) is 0. The zero-order valence-corrected chi connectivity index (χ0v) is 10.5. The van der Waals surface area contributed by atoms with E-state index in [0.29, 0.717) is 0 Å². The summed E-state index contributed by atoms with van der Waals surface area (Å²) in [5.74, 6) is 0. The lowest BCUT2D eigenvalue weighted by Crippen LogP contribution is -2.14. The Labute approximate surface area is 98.0 Å². The van der Waals surface area contributed by atoms with Crippen LogP contribution >= 0.6 is 12.2 Å². The van der Waals surface area contributed by atoms with Gasteiger partial charge in [-0.3, -0.25) is 0 Å². The first-order valence-electron chi connectivity index (χ1n) is 5.41. The van der Waals surface area contributed by atoms with Crippen LogP contribution in [0.1, 0.15) is 33.6 Å². The van der Waals surface area contributed by atoms with Crippen LogP contribution in [0.25, 0.3) is 0 Å². The second-order valence-electron chi connectivity index (χ2n) is 4.44. The average molecular weight is 221 g/mol. The zero-order chi connectivity index (χ0) is 11.3.